The van der Waals surface area contributed by atoms with Crippen LogP contribution in [0.1, 0.15) is 46.7 Å². The molecule has 0 saturated carbocycles. The second kappa shape index (κ2) is 10.6. The molecule has 0 bridgehead atoms. The zero-order valence-electron chi connectivity index (χ0n) is 20.1. The van der Waals surface area contributed by atoms with Crippen LogP contribution in [0.25, 0.3) is 0 Å². The highest BCUT2D eigenvalue weighted by atomic mass is 35.5. The van der Waals surface area contributed by atoms with Gasteiger partial charge in [-0.3, -0.25) is 9.69 Å². The van der Waals surface area contributed by atoms with Crippen LogP contribution in [0, 0.1) is 0 Å². The highest BCUT2D eigenvalue weighted by Gasteiger charge is 2.40. The molecule has 1 aliphatic heterocycles. The van der Waals surface area contributed by atoms with Crippen LogP contribution in [0.3, 0.4) is 0 Å². The van der Waals surface area contributed by atoms with Crippen LogP contribution in [0.5, 0.6) is 5.75 Å². The number of fused-ring (bicyclic) bond motifs is 1. The zero-order valence-corrected chi connectivity index (χ0v) is 20.9. The number of nitrogens with zero attached hydrogens (tertiary/aromatic N) is 4. The number of ether oxygens (including phenoxy) is 1. The molecule has 2 heterocycles. The van der Waals surface area contributed by atoms with Crippen molar-refractivity contribution in [2.75, 3.05) is 25.1 Å². The predicted octanol–water partition coefficient (Wildman–Crippen LogP) is 4.19. The number of aromatic nitrogens is 2. The Labute approximate surface area is 216 Å². The highest BCUT2D eigenvalue weighted by molar-refractivity contribution is 6.30. The Morgan fingerprint density at radius 3 is 2.54 bits per heavy atom. The lowest BCUT2D eigenvalue weighted by atomic mass is 10.00. The molecule has 8 nitrogen and oxygen atoms in total. The SMILES string of the molecule is CC(c1cccc(OC(F)(F)F)c1)c1nc2c(n1Cc1ccc(Cl)cc1)C(=O)N(CCCO)C(O)N2C. The van der Waals surface area contributed by atoms with E-state index in [1.54, 1.807) is 48.9 Å². The summed E-state index contributed by atoms with van der Waals surface area (Å²) in [5.41, 5.74) is 1.54. The topological polar surface area (TPSA) is 91.1 Å². The van der Waals surface area contributed by atoms with Gasteiger partial charge in [0.05, 0.1) is 0 Å². The van der Waals surface area contributed by atoms with Gasteiger partial charge in [0.25, 0.3) is 5.91 Å². The molecule has 0 aliphatic carbocycles. The summed E-state index contributed by atoms with van der Waals surface area (Å²) >= 11 is 6.03. The monoisotopic (exact) mass is 538 g/mol. The third kappa shape index (κ3) is 5.68. The number of aliphatic hydroxyl groups excluding tert-OH is 2. The smallest absolute Gasteiger partial charge is 0.406 e. The Morgan fingerprint density at radius 1 is 1.19 bits per heavy atom. The summed E-state index contributed by atoms with van der Waals surface area (Å²) in [7, 11) is 1.59. The second-order valence-electron chi connectivity index (χ2n) is 8.73. The molecule has 3 aromatic rings. The van der Waals surface area contributed by atoms with Crippen molar-refractivity contribution in [2.24, 2.45) is 0 Å². The van der Waals surface area contributed by atoms with Crippen molar-refractivity contribution < 1.29 is 32.9 Å². The summed E-state index contributed by atoms with van der Waals surface area (Å²) in [5.74, 6) is -0.713. The number of anilines is 1. The minimum absolute atomic E-state index is 0.119. The number of aliphatic hydroxyl groups is 2. The molecule has 0 fully saturated rings. The highest BCUT2D eigenvalue weighted by Crippen LogP contribution is 2.36. The molecule has 2 atom stereocenters. The van der Waals surface area contributed by atoms with Crippen LogP contribution in [0.4, 0.5) is 19.0 Å². The number of imidazole rings is 1. The molecule has 2 unspecified atom stereocenters. The number of hydrogen-bond acceptors (Lipinski definition) is 6. The molecule has 37 heavy (non-hydrogen) atoms. The Morgan fingerprint density at radius 2 is 1.89 bits per heavy atom. The summed E-state index contributed by atoms with van der Waals surface area (Å²) in [5, 5.41) is 20.6. The van der Waals surface area contributed by atoms with Crippen LogP contribution >= 0.6 is 11.6 Å². The normalized spacial score (nSPS) is 16.6. The van der Waals surface area contributed by atoms with Crippen molar-refractivity contribution >= 4 is 23.3 Å². The van der Waals surface area contributed by atoms with Gasteiger partial charge in [-0.05, 0) is 41.8 Å². The molecular formula is C25H26ClF3N4O4. The quantitative estimate of drug-likeness (QED) is 0.447. The second-order valence-corrected chi connectivity index (χ2v) is 9.17. The average molecular weight is 539 g/mol. The molecular weight excluding hydrogens is 513 g/mol. The van der Waals surface area contributed by atoms with Crippen molar-refractivity contribution in [3.05, 3.63) is 76.2 Å². The maximum absolute atomic E-state index is 13.6. The Bertz CT molecular complexity index is 1270. The van der Waals surface area contributed by atoms with Gasteiger partial charge < -0.3 is 24.4 Å². The maximum atomic E-state index is 13.6. The maximum Gasteiger partial charge on any atom is 0.573 e. The summed E-state index contributed by atoms with van der Waals surface area (Å²) in [6.45, 7) is 1.95. The molecule has 12 heteroatoms. The summed E-state index contributed by atoms with van der Waals surface area (Å²) in [6, 6.07) is 12.6. The van der Waals surface area contributed by atoms with E-state index in [1.807, 2.05) is 0 Å². The number of benzene rings is 2. The van der Waals surface area contributed by atoms with Gasteiger partial charge in [-0.1, -0.05) is 42.8 Å². The van der Waals surface area contributed by atoms with E-state index in [9.17, 15) is 28.2 Å². The van der Waals surface area contributed by atoms with E-state index >= 15 is 0 Å². The fraction of sp³-hybridized carbons (Fsp3) is 0.360. The van der Waals surface area contributed by atoms with E-state index in [1.165, 1.54) is 28.0 Å². The van der Waals surface area contributed by atoms with Gasteiger partial charge in [0.15, 0.2) is 11.5 Å². The standard InChI is InChI=1S/C25H26ClF3N4O4/c1-15(17-5-3-6-19(13-17)37-25(27,28)29)21-30-22-20(33(21)14-16-7-9-18(26)10-8-16)23(35)32(11-4-12-34)24(36)31(22)2/h3,5-10,13,15,24,34,36H,4,11-12,14H2,1-2H3. The third-order valence-corrected chi connectivity index (χ3v) is 6.44. The molecule has 198 valence electrons. The molecule has 0 spiro atoms. The van der Waals surface area contributed by atoms with Gasteiger partial charge in [0.1, 0.15) is 11.6 Å². The Balaban J connectivity index is 1.82. The lowest BCUT2D eigenvalue weighted by Gasteiger charge is -2.38. The van der Waals surface area contributed by atoms with Crippen molar-refractivity contribution in [2.45, 2.75) is 38.5 Å². The minimum atomic E-state index is -4.84. The Hall–Kier alpha value is -3.28. The molecule has 1 amide bonds. The first-order valence-corrected chi connectivity index (χ1v) is 11.9. The average Bonchev–Trinajstić information content (AvgIpc) is 3.22. The van der Waals surface area contributed by atoms with Crippen LogP contribution in [0.15, 0.2) is 48.5 Å². The molecule has 2 aromatic carbocycles. The minimum Gasteiger partial charge on any atom is -0.406 e. The van der Waals surface area contributed by atoms with E-state index < -0.39 is 24.5 Å². The number of carbonyl (C=O) groups excluding carboxylic acids is 1. The van der Waals surface area contributed by atoms with Gasteiger partial charge in [-0.25, -0.2) is 4.98 Å². The zero-order chi connectivity index (χ0) is 26.9. The summed E-state index contributed by atoms with van der Waals surface area (Å²) < 4.78 is 44.2. The van der Waals surface area contributed by atoms with Gasteiger partial charge in [0, 0.05) is 37.7 Å². The fourth-order valence-corrected chi connectivity index (χ4v) is 4.45. The summed E-state index contributed by atoms with van der Waals surface area (Å²) in [4.78, 5) is 20.9. The summed E-state index contributed by atoms with van der Waals surface area (Å²) in [6.07, 6.45) is -5.86. The fourth-order valence-electron chi connectivity index (χ4n) is 4.32. The van der Waals surface area contributed by atoms with Gasteiger partial charge in [-0.15, -0.1) is 13.2 Å². The van der Waals surface area contributed by atoms with Crippen LogP contribution in [0.2, 0.25) is 5.02 Å². The predicted molar refractivity (Wildman–Crippen MR) is 131 cm³/mol. The van der Waals surface area contributed by atoms with Crippen molar-refractivity contribution in [3.63, 3.8) is 0 Å². The van der Waals surface area contributed by atoms with Crippen LogP contribution in [-0.4, -0.2) is 63.5 Å². The number of carbonyl (C=O) groups is 1. The van der Waals surface area contributed by atoms with Crippen LogP contribution < -0.4 is 9.64 Å². The molecule has 1 aliphatic rings. The first kappa shape index (κ1) is 26.8. The van der Waals surface area contributed by atoms with Gasteiger partial charge >= 0.3 is 6.36 Å². The van der Waals surface area contributed by atoms with E-state index in [2.05, 4.69) is 9.72 Å². The van der Waals surface area contributed by atoms with Crippen molar-refractivity contribution in [1.29, 1.82) is 0 Å². The number of hydrogen-bond donors (Lipinski definition) is 2. The van der Waals surface area contributed by atoms with E-state index in [4.69, 9.17) is 11.6 Å². The van der Waals surface area contributed by atoms with E-state index in [0.29, 0.717) is 16.4 Å². The first-order valence-electron chi connectivity index (χ1n) is 11.5. The lowest BCUT2D eigenvalue weighted by Crippen LogP contribution is -2.54. The molecule has 0 radical (unpaired) electrons. The molecule has 2 N–H and O–H groups in total. The number of amides is 1. The number of alkyl halides is 3. The van der Waals surface area contributed by atoms with Crippen molar-refractivity contribution in [3.8, 4) is 5.75 Å². The molecule has 0 saturated heterocycles. The van der Waals surface area contributed by atoms with E-state index in [0.717, 1.165) is 5.56 Å². The first-order chi connectivity index (χ1) is 17.5. The number of halogens is 4. The van der Waals surface area contributed by atoms with Gasteiger partial charge in [0.2, 0.25) is 6.35 Å². The third-order valence-electron chi connectivity index (χ3n) is 6.19. The Kier molecular flexibility index (Phi) is 7.67. The van der Waals surface area contributed by atoms with Crippen LogP contribution in [-0.2, 0) is 6.54 Å². The largest absolute Gasteiger partial charge is 0.573 e. The lowest BCUT2D eigenvalue weighted by molar-refractivity contribution is -0.274. The van der Waals surface area contributed by atoms with Gasteiger partial charge in [-0.2, -0.15) is 0 Å². The van der Waals surface area contributed by atoms with Crippen molar-refractivity contribution in [1.82, 2.24) is 14.5 Å². The number of rotatable bonds is 8. The molecule has 4 rings (SSSR count). The molecule has 1 aromatic heterocycles. The van der Waals surface area contributed by atoms with E-state index in [-0.39, 0.29) is 43.4 Å².